The van der Waals surface area contributed by atoms with E-state index in [2.05, 4.69) is 31.0 Å². The lowest BCUT2D eigenvalue weighted by Gasteiger charge is -2.13. The molecule has 0 unspecified atom stereocenters. The van der Waals surface area contributed by atoms with Crippen molar-refractivity contribution in [2.24, 2.45) is 0 Å². The summed E-state index contributed by atoms with van der Waals surface area (Å²) < 4.78 is 1.46. The normalized spacial score (nSPS) is 16.3. The summed E-state index contributed by atoms with van der Waals surface area (Å²) in [4.78, 5) is 35.3. The number of hydrogen-bond donors (Lipinski definition) is 3. The molecule has 0 spiro atoms. The van der Waals surface area contributed by atoms with Gasteiger partial charge in [-0.15, -0.1) is 5.10 Å². The van der Waals surface area contributed by atoms with Gasteiger partial charge in [0.1, 0.15) is 11.9 Å². The lowest BCUT2D eigenvalue weighted by Crippen LogP contribution is -2.41. The van der Waals surface area contributed by atoms with Gasteiger partial charge in [0.05, 0.1) is 11.9 Å². The molecule has 1 saturated heterocycles. The zero-order chi connectivity index (χ0) is 20.5. The third-order valence-electron chi connectivity index (χ3n) is 4.85. The maximum absolute atomic E-state index is 12.8. The van der Waals surface area contributed by atoms with Gasteiger partial charge in [0.15, 0.2) is 17.2 Å². The number of carbonyl (C=O) groups is 2. The van der Waals surface area contributed by atoms with Crippen LogP contribution in [-0.2, 0) is 4.79 Å². The molecule has 3 aromatic heterocycles. The second-order valence-electron chi connectivity index (χ2n) is 6.94. The van der Waals surface area contributed by atoms with E-state index in [1.807, 2.05) is 25.1 Å². The van der Waals surface area contributed by atoms with Crippen molar-refractivity contribution in [3.8, 4) is 0 Å². The Hall–Kier alpha value is -3.69. The summed E-state index contributed by atoms with van der Waals surface area (Å²) in [6.45, 7) is 2.53. The topological polar surface area (TPSA) is 117 Å². The predicted octanol–water partition coefficient (Wildman–Crippen LogP) is 1.18. The first kappa shape index (κ1) is 18.7. The number of aryl methyl sites for hydroxylation is 1. The van der Waals surface area contributed by atoms with Crippen LogP contribution in [0.15, 0.2) is 30.5 Å². The number of imidazole rings is 1. The first-order valence-electron chi connectivity index (χ1n) is 9.29. The average Bonchev–Trinajstić information content (AvgIpc) is 3.26. The lowest BCUT2D eigenvalue weighted by molar-refractivity contribution is -0.128. The number of aromatic nitrogens is 4. The van der Waals surface area contributed by atoms with Gasteiger partial charge in [0.2, 0.25) is 5.91 Å². The Kier molecular flexibility index (Phi) is 4.75. The highest BCUT2D eigenvalue weighted by Crippen LogP contribution is 2.22. The molecule has 10 heteroatoms. The largest absolute Gasteiger partial charge is 0.385 e. The summed E-state index contributed by atoms with van der Waals surface area (Å²) in [5.41, 5.74) is 2.33. The van der Waals surface area contributed by atoms with E-state index < -0.39 is 11.9 Å². The van der Waals surface area contributed by atoms with Crippen molar-refractivity contribution in [3.05, 3.63) is 41.9 Å². The molecule has 4 rings (SSSR count). The molecule has 1 atom stereocenters. The molecule has 0 saturated carbocycles. The molecule has 1 fully saturated rings. The van der Waals surface area contributed by atoms with Gasteiger partial charge in [-0.25, -0.2) is 14.5 Å². The Labute approximate surface area is 167 Å². The van der Waals surface area contributed by atoms with Crippen LogP contribution in [-0.4, -0.2) is 63.0 Å². The van der Waals surface area contributed by atoms with Gasteiger partial charge >= 0.3 is 0 Å². The minimum absolute atomic E-state index is 0.0936. The molecule has 4 heterocycles. The molecule has 1 aliphatic heterocycles. The molecule has 3 aromatic rings. The number of fused-ring (bicyclic) bond motifs is 1. The SMILES string of the molecule is CNc1cc(Nc2cccc(C)n2)nn2c(C(=O)N[C@@H]3CCN(C)C3=O)cnc12. The number of nitrogens with one attached hydrogen (secondary N) is 3. The average molecular weight is 394 g/mol. The van der Waals surface area contributed by atoms with Crippen molar-refractivity contribution in [1.82, 2.24) is 29.8 Å². The number of amides is 2. The fourth-order valence-corrected chi connectivity index (χ4v) is 3.30. The van der Waals surface area contributed by atoms with Crippen LogP contribution >= 0.6 is 0 Å². The van der Waals surface area contributed by atoms with Crippen LogP contribution in [0.2, 0.25) is 0 Å². The standard InChI is InChI=1S/C19H22N8O2/c1-11-5-4-6-15(22-11)24-16-9-13(20-2)17-21-10-14(27(17)25-16)18(28)23-12-7-8-26(3)19(12)29/h4-6,9-10,12,20H,7-8H2,1-3H3,(H,23,28)(H,22,24,25)/t12-/m1/s1. The van der Waals surface area contributed by atoms with Crippen LogP contribution in [0, 0.1) is 6.92 Å². The van der Waals surface area contributed by atoms with Crippen molar-refractivity contribution in [3.63, 3.8) is 0 Å². The molecule has 0 aliphatic carbocycles. The summed E-state index contributed by atoms with van der Waals surface area (Å²) in [7, 11) is 3.49. The number of anilines is 3. The van der Waals surface area contributed by atoms with Crippen molar-refractivity contribution in [2.45, 2.75) is 19.4 Å². The van der Waals surface area contributed by atoms with Crippen molar-refractivity contribution >= 4 is 34.8 Å². The Balaban J connectivity index is 1.66. The zero-order valence-corrected chi connectivity index (χ0v) is 16.4. The van der Waals surface area contributed by atoms with E-state index in [0.717, 1.165) is 5.69 Å². The van der Waals surface area contributed by atoms with E-state index in [0.29, 0.717) is 35.9 Å². The zero-order valence-electron chi connectivity index (χ0n) is 16.4. The van der Waals surface area contributed by atoms with Crippen molar-refractivity contribution in [1.29, 1.82) is 0 Å². The van der Waals surface area contributed by atoms with Gasteiger partial charge < -0.3 is 20.9 Å². The highest BCUT2D eigenvalue weighted by molar-refractivity contribution is 5.97. The van der Waals surface area contributed by atoms with Gasteiger partial charge in [0, 0.05) is 32.4 Å². The minimum Gasteiger partial charge on any atom is -0.385 e. The minimum atomic E-state index is -0.528. The summed E-state index contributed by atoms with van der Waals surface area (Å²) in [5, 5.41) is 13.5. The monoisotopic (exact) mass is 394 g/mol. The van der Waals surface area contributed by atoms with Gasteiger partial charge in [-0.2, -0.15) is 0 Å². The highest BCUT2D eigenvalue weighted by atomic mass is 16.2. The summed E-state index contributed by atoms with van der Waals surface area (Å²) in [6.07, 6.45) is 2.04. The number of rotatable bonds is 5. The number of hydrogen-bond acceptors (Lipinski definition) is 7. The maximum Gasteiger partial charge on any atom is 0.272 e. The Morgan fingerprint density at radius 2 is 2.10 bits per heavy atom. The molecule has 3 N–H and O–H groups in total. The van der Waals surface area contributed by atoms with E-state index in [1.165, 1.54) is 10.7 Å². The summed E-state index contributed by atoms with van der Waals surface area (Å²) in [5.74, 6) is 0.656. The van der Waals surface area contributed by atoms with Crippen LogP contribution in [0.5, 0.6) is 0 Å². The van der Waals surface area contributed by atoms with Gasteiger partial charge in [-0.3, -0.25) is 9.59 Å². The number of likely N-dealkylation sites (N-methyl/N-ethyl adjacent to an activating group) is 1. The molecule has 29 heavy (non-hydrogen) atoms. The third kappa shape index (κ3) is 3.56. The fraction of sp³-hybridized carbons (Fsp3) is 0.316. The summed E-state index contributed by atoms with van der Waals surface area (Å²) in [6, 6.07) is 6.90. The predicted molar refractivity (Wildman–Crippen MR) is 108 cm³/mol. The van der Waals surface area contributed by atoms with E-state index in [9.17, 15) is 9.59 Å². The molecule has 2 amide bonds. The van der Waals surface area contributed by atoms with E-state index >= 15 is 0 Å². The van der Waals surface area contributed by atoms with E-state index in [-0.39, 0.29) is 11.6 Å². The van der Waals surface area contributed by atoms with Crippen LogP contribution in [0.4, 0.5) is 17.3 Å². The van der Waals surface area contributed by atoms with Gasteiger partial charge in [-0.1, -0.05) is 6.07 Å². The number of pyridine rings is 1. The smallest absolute Gasteiger partial charge is 0.272 e. The number of carbonyl (C=O) groups excluding carboxylic acids is 2. The van der Waals surface area contributed by atoms with Crippen LogP contribution in [0.25, 0.3) is 5.65 Å². The lowest BCUT2D eigenvalue weighted by atomic mass is 10.2. The number of likely N-dealkylation sites (tertiary alicyclic amines) is 1. The van der Waals surface area contributed by atoms with E-state index in [4.69, 9.17) is 0 Å². The van der Waals surface area contributed by atoms with Crippen LogP contribution in [0.1, 0.15) is 22.6 Å². The molecule has 0 radical (unpaired) electrons. The Morgan fingerprint density at radius 3 is 2.79 bits per heavy atom. The van der Waals surface area contributed by atoms with Crippen molar-refractivity contribution in [2.75, 3.05) is 31.3 Å². The Morgan fingerprint density at radius 1 is 1.28 bits per heavy atom. The fourth-order valence-electron chi connectivity index (χ4n) is 3.30. The number of nitrogens with zero attached hydrogens (tertiary/aromatic N) is 5. The van der Waals surface area contributed by atoms with Crippen LogP contribution < -0.4 is 16.0 Å². The quantitative estimate of drug-likeness (QED) is 0.595. The maximum atomic E-state index is 12.8. The highest BCUT2D eigenvalue weighted by Gasteiger charge is 2.31. The molecule has 0 bridgehead atoms. The molecular formula is C19H22N8O2. The van der Waals surface area contributed by atoms with Gasteiger partial charge in [-0.05, 0) is 25.5 Å². The first-order valence-corrected chi connectivity index (χ1v) is 9.29. The molecule has 10 nitrogen and oxygen atoms in total. The van der Waals surface area contributed by atoms with E-state index in [1.54, 1.807) is 25.1 Å². The third-order valence-corrected chi connectivity index (χ3v) is 4.85. The molecule has 0 aromatic carbocycles. The van der Waals surface area contributed by atoms with Crippen molar-refractivity contribution < 1.29 is 9.59 Å². The molecule has 1 aliphatic rings. The van der Waals surface area contributed by atoms with Crippen LogP contribution in [0.3, 0.4) is 0 Å². The first-order chi connectivity index (χ1) is 14.0. The second kappa shape index (κ2) is 7.38. The Bertz CT molecular complexity index is 1090. The molecule has 150 valence electrons. The van der Waals surface area contributed by atoms with Gasteiger partial charge in [0.25, 0.3) is 5.91 Å². The molecular weight excluding hydrogens is 372 g/mol. The second-order valence-corrected chi connectivity index (χ2v) is 6.94. The summed E-state index contributed by atoms with van der Waals surface area (Å²) >= 11 is 0.